The standard InChI is InChI=1S/C49H69N15O11S/c1-28(65)58-35(16-10-19-55-49(51)52)43(68)64-40-24-41(66)54-18-9-8-15-34(42(50)67)59-46(71)38(22-30-25-56-33-14-7-6-13-32(30)33)62-44(69)36(17-20-76(2,74)75)60-45(70)37(21-29-11-4-3-5-12-29)61-47(72)39(63-48(40)73)23-31-26-53-27-57-31/h3-7,11-14,25-27,34-40,44,56,62,69H,8-10,15-24H2,1-2H3,(H2,50,67)(H,53,57)(H,54,66)(H,58,65)(H,59,71)(H,60,70)(H,61,72)(H,63,73)(H,64,68)(H4,51,52,55). The number of sulfone groups is 1. The zero-order chi connectivity index (χ0) is 55.4. The van der Waals surface area contributed by atoms with Gasteiger partial charge in [-0.05, 0) is 62.1 Å². The van der Waals surface area contributed by atoms with Gasteiger partial charge in [0.15, 0.2) is 5.96 Å². The number of aliphatic hydroxyl groups is 1. The minimum atomic E-state index is -3.73. The number of guanidine groups is 1. The third-order valence-corrected chi connectivity index (χ3v) is 13.4. The molecule has 412 valence electrons. The number of aromatic nitrogens is 3. The molecule has 27 heteroatoms. The van der Waals surface area contributed by atoms with Crippen molar-refractivity contribution in [3.05, 3.63) is 90.1 Å². The number of benzene rings is 2. The molecule has 5 rings (SSSR count). The summed E-state index contributed by atoms with van der Waals surface area (Å²) >= 11 is 0. The van der Waals surface area contributed by atoms with Gasteiger partial charge in [0.2, 0.25) is 47.3 Å². The fraction of sp³-hybridized carbons (Fsp3) is 0.469. The summed E-state index contributed by atoms with van der Waals surface area (Å²) in [5.41, 5.74) is 18.9. The zero-order valence-electron chi connectivity index (χ0n) is 42.3. The summed E-state index contributed by atoms with van der Waals surface area (Å²) in [6.45, 7) is 1.28. The van der Waals surface area contributed by atoms with E-state index in [2.05, 4.69) is 62.5 Å². The number of hydrogen-bond donors (Lipinski definition) is 14. The number of carbonyl (C=O) groups excluding carboxylic acids is 8. The van der Waals surface area contributed by atoms with E-state index in [1.165, 1.54) is 19.4 Å². The molecule has 8 atom stereocenters. The Hall–Kier alpha value is -7.91. The van der Waals surface area contributed by atoms with E-state index >= 15 is 0 Å². The first-order valence-electron chi connectivity index (χ1n) is 24.7. The van der Waals surface area contributed by atoms with E-state index in [0.29, 0.717) is 16.8 Å². The Morgan fingerprint density at radius 2 is 1.53 bits per heavy atom. The van der Waals surface area contributed by atoms with Crippen LogP contribution in [0.2, 0.25) is 0 Å². The smallest absolute Gasteiger partial charge is 0.243 e. The van der Waals surface area contributed by atoms with E-state index in [9.17, 15) is 51.9 Å². The number of rotatable bonds is 17. The number of imidazole rings is 1. The SMILES string of the molecule is CC(=O)NC(CCCN=C(N)N)C(=O)NC1CC(=O)NCCCCC(C(N)=O)NC(=O)C(Cc2c[nH]c3ccccc23)NC(O)C(CCS(C)(=O)=O)NC(=O)C(Cc2ccccc2)NC(=O)C(Cc2cnc[nH]2)NC1=O. The molecule has 0 aliphatic carbocycles. The Morgan fingerprint density at radius 1 is 0.842 bits per heavy atom. The van der Waals surface area contributed by atoms with Crippen LogP contribution in [0.3, 0.4) is 0 Å². The highest BCUT2D eigenvalue weighted by Gasteiger charge is 2.36. The fourth-order valence-electron chi connectivity index (χ4n) is 8.45. The quantitative estimate of drug-likeness (QED) is 0.0281. The van der Waals surface area contributed by atoms with Gasteiger partial charge in [-0.3, -0.25) is 48.7 Å². The number of H-pyrrole nitrogens is 2. The highest BCUT2D eigenvalue weighted by Crippen LogP contribution is 2.20. The first-order valence-corrected chi connectivity index (χ1v) is 26.8. The van der Waals surface area contributed by atoms with Crippen molar-refractivity contribution in [2.75, 3.05) is 25.1 Å². The van der Waals surface area contributed by atoms with Crippen LogP contribution in [0.4, 0.5) is 0 Å². The van der Waals surface area contributed by atoms with Crippen LogP contribution in [-0.4, -0.2) is 155 Å². The zero-order valence-corrected chi connectivity index (χ0v) is 43.1. The van der Waals surface area contributed by atoms with Gasteiger partial charge in [-0.2, -0.15) is 0 Å². The van der Waals surface area contributed by atoms with Crippen LogP contribution in [0, 0.1) is 0 Å². The van der Waals surface area contributed by atoms with Gasteiger partial charge in [0.25, 0.3) is 0 Å². The van der Waals surface area contributed by atoms with E-state index in [-0.39, 0.29) is 76.8 Å². The second-order valence-electron chi connectivity index (χ2n) is 18.6. The highest BCUT2D eigenvalue weighted by molar-refractivity contribution is 7.90. The van der Waals surface area contributed by atoms with Crippen LogP contribution in [0.5, 0.6) is 0 Å². The van der Waals surface area contributed by atoms with E-state index in [1.807, 2.05) is 18.2 Å². The van der Waals surface area contributed by atoms with Crippen LogP contribution in [0.15, 0.2) is 78.3 Å². The Kier molecular flexibility index (Phi) is 22.3. The maximum absolute atomic E-state index is 14.7. The molecule has 1 saturated heterocycles. The molecule has 0 radical (unpaired) electrons. The topological polar surface area (TPSA) is 422 Å². The molecular weight excluding hydrogens is 1010 g/mol. The van der Waals surface area contributed by atoms with Crippen molar-refractivity contribution in [1.82, 2.24) is 57.5 Å². The van der Waals surface area contributed by atoms with Gasteiger partial charge in [-0.1, -0.05) is 48.5 Å². The number of primary amides is 1. The molecule has 1 fully saturated rings. The summed E-state index contributed by atoms with van der Waals surface area (Å²) in [7, 11) is -3.73. The molecule has 2 aromatic heterocycles. The van der Waals surface area contributed by atoms with Gasteiger partial charge >= 0.3 is 0 Å². The third-order valence-electron chi connectivity index (χ3n) is 12.4. The maximum Gasteiger partial charge on any atom is 0.243 e. The lowest BCUT2D eigenvalue weighted by molar-refractivity contribution is -0.136. The Bertz CT molecular complexity index is 2770. The largest absolute Gasteiger partial charge is 0.376 e. The van der Waals surface area contributed by atoms with Crippen molar-refractivity contribution in [3.63, 3.8) is 0 Å². The minimum absolute atomic E-state index is 0.000345. The van der Waals surface area contributed by atoms with Crippen LogP contribution in [-0.2, 0) is 67.5 Å². The number of aliphatic hydroxyl groups excluding tert-OH is 1. The predicted molar refractivity (Wildman–Crippen MR) is 280 cm³/mol. The number of aromatic amines is 2. The van der Waals surface area contributed by atoms with Crippen molar-refractivity contribution < 1.29 is 51.9 Å². The van der Waals surface area contributed by atoms with Gasteiger partial charge < -0.3 is 69.5 Å². The molecule has 76 heavy (non-hydrogen) atoms. The summed E-state index contributed by atoms with van der Waals surface area (Å²) in [5, 5.41) is 34.0. The number of para-hydroxylation sites is 1. The summed E-state index contributed by atoms with van der Waals surface area (Å²) in [5.74, 6) is -7.37. The van der Waals surface area contributed by atoms with Crippen molar-refractivity contribution >= 4 is 74.0 Å². The van der Waals surface area contributed by atoms with Crippen molar-refractivity contribution in [2.24, 2.45) is 22.2 Å². The van der Waals surface area contributed by atoms with E-state index in [1.54, 1.807) is 42.6 Å². The van der Waals surface area contributed by atoms with Gasteiger partial charge in [-0.15, -0.1) is 0 Å². The second kappa shape index (κ2) is 28.7. The first kappa shape index (κ1) is 59.0. The lowest BCUT2D eigenvalue weighted by atomic mass is 10.0. The lowest BCUT2D eigenvalue weighted by Crippen LogP contribution is -2.62. The van der Waals surface area contributed by atoms with Gasteiger partial charge in [0.1, 0.15) is 46.3 Å². The Labute approximate surface area is 439 Å². The van der Waals surface area contributed by atoms with Crippen molar-refractivity contribution in [1.29, 1.82) is 0 Å². The van der Waals surface area contributed by atoms with E-state index in [0.717, 1.165) is 17.2 Å². The number of amides is 8. The molecule has 0 saturated carbocycles. The number of nitrogens with two attached hydrogens (primary N) is 3. The monoisotopic (exact) mass is 1080 g/mol. The number of hydrogen-bond acceptors (Lipinski definition) is 14. The average molecular weight is 1080 g/mol. The van der Waals surface area contributed by atoms with Gasteiger partial charge in [0.05, 0.1) is 30.6 Å². The van der Waals surface area contributed by atoms with Crippen LogP contribution < -0.4 is 59.7 Å². The van der Waals surface area contributed by atoms with Gasteiger partial charge in [-0.25, -0.2) is 13.4 Å². The molecule has 26 nitrogen and oxygen atoms in total. The molecule has 8 unspecified atom stereocenters. The van der Waals surface area contributed by atoms with Crippen molar-refractivity contribution in [2.45, 2.75) is 120 Å². The molecule has 17 N–H and O–H groups in total. The van der Waals surface area contributed by atoms with Crippen LogP contribution in [0.1, 0.15) is 68.7 Å². The highest BCUT2D eigenvalue weighted by atomic mass is 32.2. The molecule has 4 aromatic rings. The maximum atomic E-state index is 14.7. The lowest BCUT2D eigenvalue weighted by Gasteiger charge is -2.31. The third kappa shape index (κ3) is 19.4. The molecule has 0 spiro atoms. The molecule has 8 amide bonds. The number of nitrogens with one attached hydrogen (secondary N) is 10. The van der Waals surface area contributed by atoms with Gasteiger partial charge in [0, 0.05) is 68.1 Å². The number of carbonyl (C=O) groups is 8. The number of aliphatic imine (C=N–C) groups is 1. The molecule has 3 heterocycles. The Morgan fingerprint density at radius 3 is 2.21 bits per heavy atom. The molecule has 1 aliphatic heterocycles. The van der Waals surface area contributed by atoms with Crippen LogP contribution >= 0.6 is 0 Å². The fourth-order valence-corrected chi connectivity index (χ4v) is 9.13. The van der Waals surface area contributed by atoms with E-state index < -0.39 is 118 Å². The first-order chi connectivity index (χ1) is 36.1. The molecular formula is C49H69N15O11S. The summed E-state index contributed by atoms with van der Waals surface area (Å²) in [4.78, 5) is 125. The Balaban J connectivity index is 1.55. The summed E-state index contributed by atoms with van der Waals surface area (Å²) in [6, 6.07) is 5.85. The second-order valence-corrected chi connectivity index (χ2v) is 20.9. The number of fused-ring (bicyclic) bond motifs is 1. The van der Waals surface area contributed by atoms with Crippen molar-refractivity contribution in [3.8, 4) is 0 Å². The molecule has 0 bridgehead atoms. The summed E-state index contributed by atoms with van der Waals surface area (Å²) < 4.78 is 25.2. The normalized spacial score (nSPS) is 22.4. The molecule has 1 aliphatic rings. The van der Waals surface area contributed by atoms with Crippen LogP contribution in [0.25, 0.3) is 10.9 Å². The minimum Gasteiger partial charge on any atom is -0.376 e. The predicted octanol–water partition coefficient (Wildman–Crippen LogP) is -3.21. The number of nitrogens with zero attached hydrogens (tertiary/aromatic N) is 2. The van der Waals surface area contributed by atoms with E-state index in [4.69, 9.17) is 17.2 Å². The molecule has 2 aromatic carbocycles. The summed E-state index contributed by atoms with van der Waals surface area (Å²) in [6.07, 6.45) is 2.68. The average Bonchev–Trinajstić information content (AvgIpc) is 4.04.